The monoisotopic (exact) mass is 382 g/mol. The van der Waals surface area contributed by atoms with Crippen molar-refractivity contribution in [1.82, 2.24) is 0 Å². The van der Waals surface area contributed by atoms with E-state index in [9.17, 15) is 14.4 Å². The zero-order valence-corrected chi connectivity index (χ0v) is 16.5. The zero-order chi connectivity index (χ0) is 19.5. The second-order valence-electron chi connectivity index (χ2n) is 8.88. The average molecular weight is 383 g/mol. The van der Waals surface area contributed by atoms with Gasteiger partial charge >= 0.3 is 5.97 Å². The second kappa shape index (κ2) is 8.59. The van der Waals surface area contributed by atoms with E-state index in [2.05, 4.69) is 12.1 Å². The van der Waals surface area contributed by atoms with Gasteiger partial charge in [0.15, 0.2) is 12.4 Å². The van der Waals surface area contributed by atoms with E-state index in [1.54, 1.807) is 0 Å². The summed E-state index contributed by atoms with van der Waals surface area (Å²) >= 11 is 0. The van der Waals surface area contributed by atoms with Gasteiger partial charge in [-0.1, -0.05) is 49.9 Å². The molecule has 0 aromatic heterocycles. The Morgan fingerprint density at radius 3 is 2.07 bits per heavy atom. The zero-order valence-electron chi connectivity index (χ0n) is 16.5. The lowest BCUT2D eigenvalue weighted by molar-refractivity contribution is -0.152. The molecule has 1 aromatic carbocycles. The first kappa shape index (κ1) is 19.4. The third-order valence-electron chi connectivity index (χ3n) is 7.04. The highest BCUT2D eigenvalue weighted by molar-refractivity contribution is 5.98. The van der Waals surface area contributed by atoms with Gasteiger partial charge in [-0.2, -0.15) is 0 Å². The van der Waals surface area contributed by atoms with Crippen LogP contribution >= 0.6 is 0 Å². The van der Waals surface area contributed by atoms with E-state index in [0.717, 1.165) is 19.3 Å². The molecule has 3 saturated carbocycles. The Labute approximate surface area is 167 Å². The number of Topliss-reactive ketones (excluding diaryl/α,β-unsaturated/α-hetero) is 2. The third-order valence-corrected chi connectivity index (χ3v) is 7.04. The molecule has 4 rings (SSSR count). The number of benzene rings is 1. The summed E-state index contributed by atoms with van der Waals surface area (Å²) in [4.78, 5) is 37.0. The Bertz CT molecular complexity index is 713. The highest BCUT2D eigenvalue weighted by Crippen LogP contribution is 2.40. The predicted molar refractivity (Wildman–Crippen MR) is 106 cm³/mol. The number of hydrogen-bond acceptors (Lipinski definition) is 4. The van der Waals surface area contributed by atoms with Crippen LogP contribution in [0.1, 0.15) is 86.0 Å². The molecule has 4 heteroatoms. The molecule has 2 bridgehead atoms. The van der Waals surface area contributed by atoms with Crippen LogP contribution in [0.15, 0.2) is 24.3 Å². The Balaban J connectivity index is 1.29. The second-order valence-corrected chi connectivity index (χ2v) is 8.88. The van der Waals surface area contributed by atoms with E-state index in [1.165, 1.54) is 37.7 Å². The summed E-state index contributed by atoms with van der Waals surface area (Å²) < 4.78 is 5.34. The molecule has 150 valence electrons. The topological polar surface area (TPSA) is 60.4 Å². The van der Waals surface area contributed by atoms with E-state index in [0.29, 0.717) is 30.1 Å². The molecule has 0 heterocycles. The third kappa shape index (κ3) is 4.21. The quantitative estimate of drug-likeness (QED) is 0.539. The van der Waals surface area contributed by atoms with Gasteiger partial charge < -0.3 is 4.74 Å². The highest BCUT2D eigenvalue weighted by Gasteiger charge is 2.41. The van der Waals surface area contributed by atoms with Crippen LogP contribution in [0.4, 0.5) is 0 Å². The summed E-state index contributed by atoms with van der Waals surface area (Å²) in [7, 11) is 0. The van der Waals surface area contributed by atoms with Crippen molar-refractivity contribution in [3.63, 3.8) is 0 Å². The molecule has 2 unspecified atom stereocenters. The summed E-state index contributed by atoms with van der Waals surface area (Å²) in [5.74, 6) is 0.302. The molecule has 0 saturated heterocycles. The molecule has 4 nitrogen and oxygen atoms in total. The fourth-order valence-corrected chi connectivity index (χ4v) is 5.39. The lowest BCUT2D eigenvalue weighted by Crippen LogP contribution is -2.39. The largest absolute Gasteiger partial charge is 0.457 e. The first-order valence-corrected chi connectivity index (χ1v) is 11.0. The van der Waals surface area contributed by atoms with E-state index in [1.807, 2.05) is 12.1 Å². The molecule has 0 aliphatic heterocycles. The van der Waals surface area contributed by atoms with Gasteiger partial charge in [0.25, 0.3) is 0 Å². The van der Waals surface area contributed by atoms with Gasteiger partial charge in [-0.25, -0.2) is 0 Å². The molecule has 3 fully saturated rings. The minimum absolute atomic E-state index is 0.0214. The molecule has 0 amide bonds. The number of esters is 1. The van der Waals surface area contributed by atoms with Crippen LogP contribution in [0.3, 0.4) is 0 Å². The maximum atomic E-state index is 12.4. The number of ether oxygens (including phenoxy) is 1. The van der Waals surface area contributed by atoms with Gasteiger partial charge in [-0.15, -0.1) is 0 Å². The van der Waals surface area contributed by atoms with Crippen LogP contribution in [0.2, 0.25) is 0 Å². The predicted octanol–water partition coefficient (Wildman–Crippen LogP) is 4.86. The maximum absolute atomic E-state index is 12.4. The summed E-state index contributed by atoms with van der Waals surface area (Å²) in [6, 6.07) is 7.84. The number of rotatable bonds is 5. The van der Waals surface area contributed by atoms with Crippen LogP contribution in [0.5, 0.6) is 0 Å². The Morgan fingerprint density at radius 2 is 1.43 bits per heavy atom. The lowest BCUT2D eigenvalue weighted by atomic mass is 9.67. The van der Waals surface area contributed by atoms with Gasteiger partial charge in [0.2, 0.25) is 0 Å². The van der Waals surface area contributed by atoms with Crippen molar-refractivity contribution in [1.29, 1.82) is 0 Å². The van der Waals surface area contributed by atoms with E-state index in [4.69, 9.17) is 4.74 Å². The Morgan fingerprint density at radius 1 is 0.821 bits per heavy atom. The Hall–Kier alpha value is -1.97. The first-order valence-electron chi connectivity index (χ1n) is 11.0. The van der Waals surface area contributed by atoms with Crippen molar-refractivity contribution in [3.05, 3.63) is 35.4 Å². The van der Waals surface area contributed by atoms with E-state index in [-0.39, 0.29) is 36.1 Å². The summed E-state index contributed by atoms with van der Waals surface area (Å²) in [6.45, 7) is -0.207. The van der Waals surface area contributed by atoms with Gasteiger partial charge in [-0.05, 0) is 50.0 Å². The van der Waals surface area contributed by atoms with E-state index >= 15 is 0 Å². The molecule has 2 atom stereocenters. The van der Waals surface area contributed by atoms with Crippen LogP contribution < -0.4 is 0 Å². The van der Waals surface area contributed by atoms with Gasteiger partial charge in [-0.3, -0.25) is 14.4 Å². The fraction of sp³-hybridized carbons (Fsp3) is 0.625. The van der Waals surface area contributed by atoms with Crippen molar-refractivity contribution in [2.24, 2.45) is 17.8 Å². The van der Waals surface area contributed by atoms with Crippen molar-refractivity contribution < 1.29 is 19.1 Å². The minimum Gasteiger partial charge on any atom is -0.457 e. The molecule has 1 aromatic rings. The van der Waals surface area contributed by atoms with Gasteiger partial charge in [0.1, 0.15) is 5.78 Å². The number of fused-ring (bicyclic) bond motifs is 2. The molecule has 3 aliphatic rings. The maximum Gasteiger partial charge on any atom is 0.309 e. The smallest absolute Gasteiger partial charge is 0.309 e. The molecule has 0 spiro atoms. The number of hydrogen-bond donors (Lipinski definition) is 0. The van der Waals surface area contributed by atoms with E-state index < -0.39 is 0 Å². The first-order chi connectivity index (χ1) is 13.6. The molecule has 0 radical (unpaired) electrons. The number of carbonyl (C=O) groups is 3. The molecule has 0 N–H and O–H groups in total. The molecule has 3 aliphatic carbocycles. The Kier molecular flexibility index (Phi) is 5.93. The molecule has 28 heavy (non-hydrogen) atoms. The summed E-state index contributed by atoms with van der Waals surface area (Å²) in [5, 5.41) is 0. The lowest BCUT2D eigenvalue weighted by Gasteiger charge is -2.36. The minimum atomic E-state index is -0.309. The van der Waals surface area contributed by atoms with Crippen molar-refractivity contribution in [2.45, 2.75) is 70.1 Å². The van der Waals surface area contributed by atoms with Gasteiger partial charge in [0, 0.05) is 17.4 Å². The van der Waals surface area contributed by atoms with Crippen LogP contribution in [-0.4, -0.2) is 24.1 Å². The summed E-state index contributed by atoms with van der Waals surface area (Å²) in [6.07, 6.45) is 10.4. The SMILES string of the molecule is O=C(COC(=O)C1CC2CCCC(C1)C2=O)c1ccc(C2CCCCC2)cc1. The normalized spacial score (nSPS) is 28.0. The van der Waals surface area contributed by atoms with Crippen molar-refractivity contribution in [3.8, 4) is 0 Å². The standard InChI is InChI=1S/C24H30O4/c25-22(18-11-9-17(10-12-18)16-5-2-1-3-6-16)15-28-24(27)21-13-19-7-4-8-20(14-21)23(19)26/h9-12,16,19-21H,1-8,13-15H2. The van der Waals surface area contributed by atoms with Crippen LogP contribution in [-0.2, 0) is 14.3 Å². The number of carbonyl (C=O) groups excluding carboxylic acids is 3. The fourth-order valence-electron chi connectivity index (χ4n) is 5.39. The molecular weight excluding hydrogens is 352 g/mol. The average Bonchev–Trinajstić information content (AvgIpc) is 2.72. The van der Waals surface area contributed by atoms with Crippen molar-refractivity contribution in [2.75, 3.05) is 6.61 Å². The van der Waals surface area contributed by atoms with Gasteiger partial charge in [0.05, 0.1) is 5.92 Å². The van der Waals surface area contributed by atoms with Crippen LogP contribution in [0.25, 0.3) is 0 Å². The van der Waals surface area contributed by atoms with Crippen molar-refractivity contribution >= 4 is 17.5 Å². The van der Waals surface area contributed by atoms with Crippen LogP contribution in [0, 0.1) is 17.8 Å². The number of ketones is 2. The summed E-state index contributed by atoms with van der Waals surface area (Å²) in [5.41, 5.74) is 1.91. The molecular formula is C24H30O4. The highest BCUT2D eigenvalue weighted by atomic mass is 16.5.